The predicted octanol–water partition coefficient (Wildman–Crippen LogP) is 5.18. The van der Waals surface area contributed by atoms with E-state index in [1.54, 1.807) is 4.68 Å². The number of ether oxygens (including phenoxy) is 1. The summed E-state index contributed by atoms with van der Waals surface area (Å²) < 4.78 is 19.4. The number of rotatable bonds is 14. The summed E-state index contributed by atoms with van der Waals surface area (Å²) in [6.45, 7) is 5.42. The van der Waals surface area contributed by atoms with Gasteiger partial charge in [0.15, 0.2) is 0 Å². The molecule has 0 aliphatic heterocycles. The number of esters is 1. The standard InChI is InChI=1S/C29H37FN4O4/c1-29(2,3)38-28(36)18-20-34(37-22-24-9-5-4-6-10-24)27(35)13-7-11-23-14-16-26(17-15-23)33-21-25(31-32-33)12-8-19-30/h4-6,9-10,14-17,21H,7-8,11-13,18-20,22H2,1-3H3. The summed E-state index contributed by atoms with van der Waals surface area (Å²) in [5, 5.41) is 9.47. The van der Waals surface area contributed by atoms with E-state index in [4.69, 9.17) is 9.57 Å². The van der Waals surface area contributed by atoms with E-state index < -0.39 is 5.60 Å². The van der Waals surface area contributed by atoms with Crippen LogP contribution in [0.1, 0.15) is 63.3 Å². The summed E-state index contributed by atoms with van der Waals surface area (Å²) in [4.78, 5) is 31.0. The molecule has 0 saturated heterocycles. The minimum Gasteiger partial charge on any atom is -0.460 e. The van der Waals surface area contributed by atoms with Crippen molar-refractivity contribution in [2.45, 2.75) is 71.5 Å². The second-order valence-corrected chi connectivity index (χ2v) is 10.1. The Kier molecular flexibility index (Phi) is 11.0. The van der Waals surface area contributed by atoms with Crippen LogP contribution in [0.2, 0.25) is 0 Å². The molecule has 0 spiro atoms. The van der Waals surface area contributed by atoms with Crippen molar-refractivity contribution in [3.05, 3.63) is 77.6 Å². The Bertz CT molecular complexity index is 1140. The van der Waals surface area contributed by atoms with E-state index in [0.717, 1.165) is 22.5 Å². The number of amides is 1. The quantitative estimate of drug-likeness (QED) is 0.213. The fourth-order valence-electron chi connectivity index (χ4n) is 3.74. The lowest BCUT2D eigenvalue weighted by Gasteiger charge is -2.24. The van der Waals surface area contributed by atoms with Gasteiger partial charge in [-0.25, -0.2) is 9.75 Å². The molecule has 1 heterocycles. The molecule has 8 nitrogen and oxygen atoms in total. The van der Waals surface area contributed by atoms with Crippen molar-refractivity contribution >= 4 is 11.9 Å². The first kappa shape index (κ1) is 29.0. The van der Waals surface area contributed by atoms with Gasteiger partial charge >= 0.3 is 5.97 Å². The summed E-state index contributed by atoms with van der Waals surface area (Å²) in [7, 11) is 0. The number of hydrogen-bond acceptors (Lipinski definition) is 6. The summed E-state index contributed by atoms with van der Waals surface area (Å²) in [6, 6.07) is 17.5. The molecule has 0 bridgehead atoms. The van der Waals surface area contributed by atoms with Crippen LogP contribution in [0, 0.1) is 0 Å². The van der Waals surface area contributed by atoms with Gasteiger partial charge in [0.1, 0.15) is 12.2 Å². The number of carbonyl (C=O) groups excluding carboxylic acids is 2. The minimum absolute atomic E-state index is 0.0526. The van der Waals surface area contributed by atoms with Crippen LogP contribution in [0.5, 0.6) is 0 Å². The molecular formula is C29H37FN4O4. The van der Waals surface area contributed by atoms with Gasteiger partial charge in [0.05, 0.1) is 37.2 Å². The molecule has 204 valence electrons. The molecule has 0 radical (unpaired) electrons. The number of halogens is 1. The van der Waals surface area contributed by atoms with E-state index >= 15 is 0 Å². The fraction of sp³-hybridized carbons (Fsp3) is 0.448. The molecule has 38 heavy (non-hydrogen) atoms. The van der Waals surface area contributed by atoms with Gasteiger partial charge in [-0.15, -0.1) is 5.10 Å². The SMILES string of the molecule is CC(C)(C)OC(=O)CCN(OCc1ccccc1)C(=O)CCCc1ccc(-n2cc(CCCF)nn2)cc1. The van der Waals surface area contributed by atoms with E-state index in [2.05, 4.69) is 10.3 Å². The minimum atomic E-state index is -0.585. The Balaban J connectivity index is 1.51. The van der Waals surface area contributed by atoms with E-state index in [0.29, 0.717) is 25.7 Å². The van der Waals surface area contributed by atoms with Gasteiger partial charge in [0, 0.05) is 6.42 Å². The zero-order valence-electron chi connectivity index (χ0n) is 22.4. The maximum Gasteiger partial charge on any atom is 0.308 e. The number of hydrogen-bond donors (Lipinski definition) is 0. The molecule has 9 heteroatoms. The lowest BCUT2D eigenvalue weighted by Crippen LogP contribution is -2.34. The summed E-state index contributed by atoms with van der Waals surface area (Å²) in [5.41, 5.74) is 3.06. The molecule has 0 saturated carbocycles. The molecule has 0 unspecified atom stereocenters. The number of nitrogens with zero attached hydrogens (tertiary/aromatic N) is 4. The first-order chi connectivity index (χ1) is 18.2. The zero-order valence-corrected chi connectivity index (χ0v) is 22.4. The van der Waals surface area contributed by atoms with Crippen molar-refractivity contribution in [3.63, 3.8) is 0 Å². The van der Waals surface area contributed by atoms with Crippen molar-refractivity contribution in [3.8, 4) is 5.69 Å². The lowest BCUT2D eigenvalue weighted by atomic mass is 10.1. The molecule has 1 aromatic heterocycles. The molecular weight excluding hydrogens is 487 g/mol. The van der Waals surface area contributed by atoms with Crippen molar-refractivity contribution in [1.82, 2.24) is 20.1 Å². The summed E-state index contributed by atoms with van der Waals surface area (Å²) in [6.07, 6.45) is 4.49. The molecule has 1 amide bonds. The van der Waals surface area contributed by atoms with Crippen LogP contribution in [0.15, 0.2) is 60.8 Å². The number of hydroxylamine groups is 2. The van der Waals surface area contributed by atoms with E-state index in [-0.39, 0.29) is 44.5 Å². The highest BCUT2D eigenvalue weighted by atomic mass is 19.1. The van der Waals surface area contributed by atoms with Gasteiger partial charge < -0.3 is 4.74 Å². The topological polar surface area (TPSA) is 86.5 Å². The van der Waals surface area contributed by atoms with Crippen LogP contribution in [-0.4, -0.2) is 50.8 Å². The van der Waals surface area contributed by atoms with Crippen LogP contribution >= 0.6 is 0 Å². The molecule has 3 aromatic rings. The summed E-state index contributed by atoms with van der Waals surface area (Å²) >= 11 is 0. The number of aromatic nitrogens is 3. The number of aryl methyl sites for hydroxylation is 2. The monoisotopic (exact) mass is 524 g/mol. The molecule has 0 aliphatic rings. The molecule has 0 atom stereocenters. The van der Waals surface area contributed by atoms with Crippen LogP contribution in [0.25, 0.3) is 5.69 Å². The Hall–Kier alpha value is -3.59. The molecule has 0 fully saturated rings. The first-order valence-corrected chi connectivity index (χ1v) is 13.0. The smallest absolute Gasteiger partial charge is 0.308 e. The van der Waals surface area contributed by atoms with E-state index in [9.17, 15) is 14.0 Å². The molecule has 0 N–H and O–H groups in total. The Morgan fingerprint density at radius 2 is 1.68 bits per heavy atom. The van der Waals surface area contributed by atoms with E-state index in [1.807, 2.05) is 81.6 Å². The maximum absolute atomic E-state index is 13.0. The number of carbonyl (C=O) groups is 2. The number of benzene rings is 2. The first-order valence-electron chi connectivity index (χ1n) is 13.0. The predicted molar refractivity (Wildman–Crippen MR) is 142 cm³/mol. The van der Waals surface area contributed by atoms with Crippen LogP contribution in [0.3, 0.4) is 0 Å². The lowest BCUT2D eigenvalue weighted by molar-refractivity contribution is -0.194. The second kappa shape index (κ2) is 14.4. The van der Waals surface area contributed by atoms with Gasteiger partial charge in [0.25, 0.3) is 0 Å². The highest BCUT2D eigenvalue weighted by Gasteiger charge is 2.20. The second-order valence-electron chi connectivity index (χ2n) is 10.1. The normalized spacial score (nSPS) is 11.4. The Labute approximate surface area is 223 Å². The van der Waals surface area contributed by atoms with Gasteiger partial charge in [0.2, 0.25) is 5.91 Å². The maximum atomic E-state index is 13.0. The third-order valence-corrected chi connectivity index (χ3v) is 5.61. The fourth-order valence-corrected chi connectivity index (χ4v) is 3.74. The highest BCUT2D eigenvalue weighted by Crippen LogP contribution is 2.14. The average Bonchev–Trinajstić information content (AvgIpc) is 3.36. The Morgan fingerprint density at radius 1 is 0.947 bits per heavy atom. The third-order valence-electron chi connectivity index (χ3n) is 5.61. The van der Waals surface area contributed by atoms with E-state index in [1.165, 1.54) is 5.06 Å². The number of alkyl halides is 1. The average molecular weight is 525 g/mol. The van der Waals surface area contributed by atoms with Gasteiger partial charge in [-0.3, -0.25) is 18.8 Å². The van der Waals surface area contributed by atoms with Crippen molar-refractivity contribution < 1.29 is 23.6 Å². The van der Waals surface area contributed by atoms with Gasteiger partial charge in [-0.2, -0.15) is 0 Å². The molecule has 0 aliphatic carbocycles. The highest BCUT2D eigenvalue weighted by molar-refractivity contribution is 5.76. The zero-order chi connectivity index (χ0) is 27.4. The van der Waals surface area contributed by atoms with Crippen molar-refractivity contribution in [2.24, 2.45) is 0 Å². The van der Waals surface area contributed by atoms with Gasteiger partial charge in [-0.05, 0) is 69.7 Å². The third kappa shape index (κ3) is 10.0. The van der Waals surface area contributed by atoms with Crippen LogP contribution in [0.4, 0.5) is 4.39 Å². The summed E-state index contributed by atoms with van der Waals surface area (Å²) in [5.74, 6) is -0.551. The van der Waals surface area contributed by atoms with Gasteiger partial charge in [-0.1, -0.05) is 47.7 Å². The molecule has 2 aromatic carbocycles. The largest absolute Gasteiger partial charge is 0.460 e. The molecule has 3 rings (SSSR count). The van der Waals surface area contributed by atoms with Crippen LogP contribution in [-0.2, 0) is 38.6 Å². The van der Waals surface area contributed by atoms with Crippen molar-refractivity contribution in [2.75, 3.05) is 13.2 Å². The van der Waals surface area contributed by atoms with Crippen LogP contribution < -0.4 is 0 Å². The Morgan fingerprint density at radius 3 is 2.37 bits per heavy atom. The van der Waals surface area contributed by atoms with Crippen molar-refractivity contribution in [1.29, 1.82) is 0 Å².